The summed E-state index contributed by atoms with van der Waals surface area (Å²) in [6, 6.07) is 0. The predicted molar refractivity (Wildman–Crippen MR) is 222 cm³/mol. The molecule has 0 aliphatic heterocycles. The fourth-order valence-corrected chi connectivity index (χ4v) is 6.45. The Labute approximate surface area is 331 Å². The summed E-state index contributed by atoms with van der Waals surface area (Å²) in [7, 11) is 1.14. The molecule has 0 rings (SSSR count). The quantitative estimate of drug-likeness (QED) is 0.0199. The zero-order valence-corrected chi connectivity index (χ0v) is 36.3. The molecule has 316 valence electrons. The number of quaternary nitrogens is 1. The molecule has 0 saturated heterocycles. The summed E-state index contributed by atoms with van der Waals surface area (Å²) >= 11 is 0. The molecule has 0 heterocycles. The van der Waals surface area contributed by atoms with E-state index in [-0.39, 0.29) is 26.1 Å². The van der Waals surface area contributed by atoms with Crippen LogP contribution in [-0.4, -0.2) is 70.0 Å². The molecule has 0 aliphatic rings. The van der Waals surface area contributed by atoms with Crippen molar-refractivity contribution in [2.45, 2.75) is 187 Å². The van der Waals surface area contributed by atoms with Crippen molar-refractivity contribution in [3.05, 3.63) is 36.5 Å². The molecule has 2 atom stereocenters. The normalized spacial score (nSPS) is 14.0. The third-order valence-corrected chi connectivity index (χ3v) is 10.1. The highest BCUT2D eigenvalue weighted by Crippen LogP contribution is 2.38. The largest absolute Gasteiger partial charge is 0.756 e. The average molecular weight is 784 g/mol. The highest BCUT2D eigenvalue weighted by Gasteiger charge is 2.21. The first-order chi connectivity index (χ1) is 26.0. The molecular weight excluding hydrogens is 701 g/mol. The Morgan fingerprint density at radius 3 is 1.52 bits per heavy atom. The number of phosphoric acid groups is 1. The fourth-order valence-electron chi connectivity index (χ4n) is 5.72. The van der Waals surface area contributed by atoms with Crippen molar-refractivity contribution < 1.29 is 42.1 Å². The van der Waals surface area contributed by atoms with E-state index in [2.05, 4.69) is 50.3 Å². The SMILES string of the molecule is CCCCC/C=C/C/C=C/C/C=C/CCCCC(=O)O[C@H](COC(=O)CCCCCCCCCCCCCCCCC)COP(=O)([O-])OCC[N+](C)(C)C. The lowest BCUT2D eigenvalue weighted by atomic mass is 10.0. The number of hydrogen-bond donors (Lipinski definition) is 0. The second kappa shape index (κ2) is 36.8. The summed E-state index contributed by atoms with van der Waals surface area (Å²) in [5.74, 6) is -0.876. The van der Waals surface area contributed by atoms with Crippen LogP contribution in [-0.2, 0) is 32.7 Å². The van der Waals surface area contributed by atoms with Crippen LogP contribution in [0.2, 0.25) is 0 Å². The summed E-state index contributed by atoms with van der Waals surface area (Å²) in [5.41, 5.74) is 0. The number of hydrogen-bond acceptors (Lipinski definition) is 8. The van der Waals surface area contributed by atoms with Crippen molar-refractivity contribution >= 4 is 19.8 Å². The minimum Gasteiger partial charge on any atom is -0.756 e. The fraction of sp³-hybridized carbons (Fsp3) is 0.818. The molecule has 0 bridgehead atoms. The first-order valence-electron chi connectivity index (χ1n) is 21.7. The van der Waals surface area contributed by atoms with Crippen LogP contribution in [0.3, 0.4) is 0 Å². The monoisotopic (exact) mass is 784 g/mol. The molecule has 54 heavy (non-hydrogen) atoms. The number of esters is 2. The van der Waals surface area contributed by atoms with Gasteiger partial charge in [-0.1, -0.05) is 153 Å². The number of nitrogens with zero attached hydrogens (tertiary/aromatic N) is 1. The number of carbonyl (C=O) groups excluding carboxylic acids is 2. The van der Waals surface area contributed by atoms with E-state index >= 15 is 0 Å². The summed E-state index contributed by atoms with van der Waals surface area (Å²) in [5, 5.41) is 0. The van der Waals surface area contributed by atoms with E-state index in [0.29, 0.717) is 17.4 Å². The zero-order chi connectivity index (χ0) is 40.0. The molecule has 0 radical (unpaired) electrons. The zero-order valence-electron chi connectivity index (χ0n) is 35.4. The number of rotatable bonds is 39. The molecule has 0 aromatic heterocycles. The molecule has 0 N–H and O–H groups in total. The minimum absolute atomic E-state index is 0.0375. The van der Waals surface area contributed by atoms with Crippen LogP contribution >= 0.6 is 7.82 Å². The van der Waals surface area contributed by atoms with Gasteiger partial charge in [-0.25, -0.2) is 0 Å². The van der Waals surface area contributed by atoms with Gasteiger partial charge in [-0.05, 0) is 51.4 Å². The van der Waals surface area contributed by atoms with Gasteiger partial charge in [-0.2, -0.15) is 0 Å². The van der Waals surface area contributed by atoms with Crippen molar-refractivity contribution in [1.82, 2.24) is 0 Å². The molecule has 0 amide bonds. The molecule has 0 aromatic rings. The van der Waals surface area contributed by atoms with Crippen molar-refractivity contribution in [3.8, 4) is 0 Å². The second-order valence-electron chi connectivity index (χ2n) is 15.7. The van der Waals surface area contributed by atoms with Gasteiger partial charge in [0.1, 0.15) is 19.8 Å². The Bertz CT molecular complexity index is 1020. The second-order valence-corrected chi connectivity index (χ2v) is 17.1. The van der Waals surface area contributed by atoms with Gasteiger partial charge >= 0.3 is 11.9 Å². The maximum absolute atomic E-state index is 12.6. The summed E-state index contributed by atoms with van der Waals surface area (Å²) in [6.45, 7) is 4.16. The van der Waals surface area contributed by atoms with E-state index in [0.717, 1.165) is 51.4 Å². The van der Waals surface area contributed by atoms with E-state index in [1.807, 2.05) is 21.1 Å². The van der Waals surface area contributed by atoms with Gasteiger partial charge in [0.2, 0.25) is 0 Å². The van der Waals surface area contributed by atoms with E-state index in [4.69, 9.17) is 18.5 Å². The van der Waals surface area contributed by atoms with Gasteiger partial charge in [0, 0.05) is 12.8 Å². The van der Waals surface area contributed by atoms with E-state index in [1.165, 1.54) is 96.3 Å². The number of phosphoric ester groups is 1. The lowest BCUT2D eigenvalue weighted by Gasteiger charge is -2.28. The van der Waals surface area contributed by atoms with Crippen molar-refractivity contribution in [2.75, 3.05) is 47.5 Å². The van der Waals surface area contributed by atoms with Gasteiger partial charge in [0.05, 0.1) is 27.7 Å². The van der Waals surface area contributed by atoms with Gasteiger partial charge in [0.25, 0.3) is 7.82 Å². The number of allylic oxidation sites excluding steroid dienone is 6. The smallest absolute Gasteiger partial charge is 0.306 e. The Kier molecular flexibility index (Phi) is 35.6. The topological polar surface area (TPSA) is 111 Å². The Hall–Kier alpha value is -1.77. The number of ether oxygens (including phenoxy) is 2. The Morgan fingerprint density at radius 2 is 1.00 bits per heavy atom. The van der Waals surface area contributed by atoms with Crippen LogP contribution in [0.1, 0.15) is 181 Å². The molecular formula is C44H82NO8P. The number of likely N-dealkylation sites (N-methyl/N-ethyl adjacent to an activating group) is 1. The summed E-state index contributed by atoms with van der Waals surface area (Å²) in [6.07, 6.45) is 40.3. The van der Waals surface area contributed by atoms with E-state index in [9.17, 15) is 19.0 Å². The van der Waals surface area contributed by atoms with E-state index in [1.54, 1.807) is 0 Å². The molecule has 0 spiro atoms. The first kappa shape index (κ1) is 52.2. The minimum atomic E-state index is -4.63. The molecule has 10 heteroatoms. The molecule has 0 aromatic carbocycles. The summed E-state index contributed by atoms with van der Waals surface area (Å²) in [4.78, 5) is 37.5. The Balaban J connectivity index is 4.42. The van der Waals surface area contributed by atoms with Crippen LogP contribution in [0.5, 0.6) is 0 Å². The maximum atomic E-state index is 12.6. The molecule has 0 aliphatic carbocycles. The molecule has 1 unspecified atom stereocenters. The lowest BCUT2D eigenvalue weighted by molar-refractivity contribution is -0.870. The van der Waals surface area contributed by atoms with Gasteiger partial charge in [-0.3, -0.25) is 14.2 Å². The van der Waals surface area contributed by atoms with Gasteiger partial charge < -0.3 is 27.9 Å². The maximum Gasteiger partial charge on any atom is 0.306 e. The molecule has 0 saturated carbocycles. The average Bonchev–Trinajstić information content (AvgIpc) is 3.12. The van der Waals surface area contributed by atoms with Crippen LogP contribution in [0, 0.1) is 0 Å². The van der Waals surface area contributed by atoms with Gasteiger partial charge in [0.15, 0.2) is 6.10 Å². The van der Waals surface area contributed by atoms with Gasteiger partial charge in [-0.15, -0.1) is 0 Å². The van der Waals surface area contributed by atoms with Crippen molar-refractivity contribution in [2.24, 2.45) is 0 Å². The van der Waals surface area contributed by atoms with Crippen LogP contribution in [0.25, 0.3) is 0 Å². The predicted octanol–water partition coefficient (Wildman–Crippen LogP) is 11.5. The van der Waals surface area contributed by atoms with Crippen LogP contribution in [0.4, 0.5) is 0 Å². The first-order valence-corrected chi connectivity index (χ1v) is 23.2. The highest BCUT2D eigenvalue weighted by molar-refractivity contribution is 7.45. The molecule has 9 nitrogen and oxygen atoms in total. The van der Waals surface area contributed by atoms with Crippen LogP contribution in [0.15, 0.2) is 36.5 Å². The third kappa shape index (κ3) is 39.9. The van der Waals surface area contributed by atoms with E-state index < -0.39 is 32.5 Å². The highest BCUT2D eigenvalue weighted by atomic mass is 31.2. The number of carbonyl (C=O) groups is 2. The summed E-state index contributed by atoms with van der Waals surface area (Å²) < 4.78 is 33.8. The standard InChI is InChI=1S/C44H82NO8P/c1-6-8-10-12-14-16-18-20-22-24-26-28-30-32-34-36-43(46)50-40-42(41-52-54(48,49)51-39-38-45(3,4)5)53-44(47)37-35-33-31-29-27-25-23-21-19-17-15-13-11-9-7-2/h15,17,21,23,27,29,42H,6-14,16,18-20,22,24-26,28,30-41H2,1-5H3/b17-15+,23-21+,29-27+/t42-/m1/s1. The lowest BCUT2D eigenvalue weighted by Crippen LogP contribution is -2.37. The Morgan fingerprint density at radius 1 is 0.574 bits per heavy atom. The van der Waals surface area contributed by atoms with Crippen LogP contribution < -0.4 is 4.89 Å². The molecule has 0 fully saturated rings. The number of unbranched alkanes of at least 4 members (excludes halogenated alkanes) is 19. The third-order valence-electron chi connectivity index (χ3n) is 9.16. The van der Waals surface area contributed by atoms with Crippen molar-refractivity contribution in [3.63, 3.8) is 0 Å². The van der Waals surface area contributed by atoms with Crippen molar-refractivity contribution in [1.29, 1.82) is 0 Å².